The maximum atomic E-state index is 13.5. The Balaban J connectivity index is 1.40. The molecule has 1 amide bonds. The monoisotopic (exact) mass is 542 g/mol. The topological polar surface area (TPSA) is 111 Å². The van der Waals surface area contributed by atoms with Crippen LogP contribution in [0.15, 0.2) is 77.7 Å². The molecular formula is C24H19ClN4O5S2. The number of carbonyl (C=O) groups is 1. The Labute approximate surface area is 216 Å². The van der Waals surface area contributed by atoms with E-state index in [0.29, 0.717) is 15.8 Å². The number of nitrogens with zero attached hydrogens (tertiary/aromatic N) is 3. The van der Waals surface area contributed by atoms with Gasteiger partial charge in [0.25, 0.3) is 15.9 Å². The Bertz CT molecular complexity index is 1510. The lowest BCUT2D eigenvalue weighted by molar-refractivity contribution is -0.122. The SMILES string of the molecule is COc1ccc(-c2nnc(NC(=O)[C@@H]3CN(S(=O)(=O)c4ccccc4)c4cc(Cl)ccc4O3)s2)cc1. The van der Waals surface area contributed by atoms with Gasteiger partial charge in [0, 0.05) is 10.6 Å². The molecule has 1 aliphatic heterocycles. The van der Waals surface area contributed by atoms with Crippen molar-refractivity contribution in [2.24, 2.45) is 0 Å². The zero-order valence-corrected chi connectivity index (χ0v) is 21.2. The number of ether oxygens (including phenoxy) is 2. The summed E-state index contributed by atoms with van der Waals surface area (Å²) in [7, 11) is -2.41. The summed E-state index contributed by atoms with van der Waals surface area (Å²) in [6.45, 7) is -0.249. The number of halogens is 1. The highest BCUT2D eigenvalue weighted by Gasteiger charge is 2.38. The molecule has 9 nitrogen and oxygen atoms in total. The van der Waals surface area contributed by atoms with Gasteiger partial charge in [-0.1, -0.05) is 41.1 Å². The van der Waals surface area contributed by atoms with Gasteiger partial charge < -0.3 is 9.47 Å². The number of anilines is 2. The van der Waals surface area contributed by atoms with E-state index in [2.05, 4.69) is 15.5 Å². The summed E-state index contributed by atoms with van der Waals surface area (Å²) in [5, 5.41) is 12.1. The molecule has 12 heteroatoms. The second-order valence-electron chi connectivity index (χ2n) is 7.70. The fourth-order valence-electron chi connectivity index (χ4n) is 3.62. The van der Waals surface area contributed by atoms with Crippen LogP contribution in [0.3, 0.4) is 0 Å². The number of fused-ring (bicyclic) bond motifs is 1. The van der Waals surface area contributed by atoms with Crippen LogP contribution in [-0.4, -0.2) is 44.3 Å². The number of nitrogens with one attached hydrogen (secondary N) is 1. The average molecular weight is 543 g/mol. The smallest absolute Gasteiger partial charge is 0.269 e. The molecular weight excluding hydrogens is 524 g/mol. The van der Waals surface area contributed by atoms with Crippen molar-refractivity contribution in [3.63, 3.8) is 0 Å². The van der Waals surface area contributed by atoms with Crippen LogP contribution in [-0.2, 0) is 14.8 Å². The molecule has 0 aliphatic carbocycles. The molecule has 0 saturated carbocycles. The van der Waals surface area contributed by atoms with E-state index in [1.54, 1.807) is 43.5 Å². The van der Waals surface area contributed by atoms with Crippen molar-refractivity contribution >= 4 is 49.7 Å². The number of rotatable bonds is 6. The Morgan fingerprint density at radius 2 is 1.86 bits per heavy atom. The van der Waals surface area contributed by atoms with Crippen LogP contribution in [0.25, 0.3) is 10.6 Å². The van der Waals surface area contributed by atoms with Crippen molar-refractivity contribution in [2.75, 3.05) is 23.3 Å². The first-order valence-electron chi connectivity index (χ1n) is 10.7. The number of amides is 1. The standard InChI is InChI=1S/C24H19ClN4O5S2/c1-33-17-10-7-15(8-11-17)23-27-28-24(35-23)26-22(30)21-14-29(19-13-16(25)9-12-20(19)34-21)36(31,32)18-5-3-2-4-6-18/h2-13,21H,14H2,1H3,(H,26,28,30)/t21-/m0/s1. The molecule has 1 N–H and O–H groups in total. The van der Waals surface area contributed by atoms with Gasteiger partial charge in [0.1, 0.15) is 16.5 Å². The number of hydrogen-bond acceptors (Lipinski definition) is 8. The van der Waals surface area contributed by atoms with E-state index in [-0.39, 0.29) is 28.0 Å². The highest BCUT2D eigenvalue weighted by atomic mass is 35.5. The van der Waals surface area contributed by atoms with Crippen LogP contribution >= 0.6 is 22.9 Å². The van der Waals surface area contributed by atoms with Gasteiger partial charge in [-0.3, -0.25) is 14.4 Å². The first-order valence-corrected chi connectivity index (χ1v) is 13.3. The van der Waals surface area contributed by atoms with Gasteiger partial charge in [-0.15, -0.1) is 10.2 Å². The molecule has 184 valence electrons. The maximum Gasteiger partial charge on any atom is 0.269 e. The fraction of sp³-hybridized carbons (Fsp3) is 0.125. The van der Waals surface area contributed by atoms with Crippen LogP contribution < -0.4 is 19.1 Å². The summed E-state index contributed by atoms with van der Waals surface area (Å²) in [6, 6.07) is 19.9. The number of methoxy groups -OCH3 is 1. The number of aromatic nitrogens is 2. The van der Waals surface area contributed by atoms with Crippen LogP contribution in [0.5, 0.6) is 11.5 Å². The molecule has 0 unspecified atom stereocenters. The van der Waals surface area contributed by atoms with Crippen molar-refractivity contribution in [2.45, 2.75) is 11.0 Å². The molecule has 36 heavy (non-hydrogen) atoms. The summed E-state index contributed by atoms with van der Waals surface area (Å²) in [5.41, 5.74) is 1.07. The molecule has 1 aliphatic rings. The Kier molecular flexibility index (Phi) is 6.52. The molecule has 0 saturated heterocycles. The third-order valence-electron chi connectivity index (χ3n) is 5.41. The van der Waals surface area contributed by atoms with E-state index >= 15 is 0 Å². The van der Waals surface area contributed by atoms with Gasteiger partial charge >= 0.3 is 0 Å². The minimum Gasteiger partial charge on any atom is -0.497 e. The van der Waals surface area contributed by atoms with Crippen molar-refractivity contribution in [3.05, 3.63) is 77.8 Å². The number of benzene rings is 3. The second-order valence-corrected chi connectivity index (χ2v) is 11.0. The lowest BCUT2D eigenvalue weighted by Gasteiger charge is -2.34. The van der Waals surface area contributed by atoms with Gasteiger partial charge in [0.2, 0.25) is 5.13 Å². The largest absolute Gasteiger partial charge is 0.497 e. The van der Waals surface area contributed by atoms with E-state index < -0.39 is 22.0 Å². The second kappa shape index (κ2) is 9.76. The average Bonchev–Trinajstić information content (AvgIpc) is 3.37. The molecule has 3 aromatic carbocycles. The Morgan fingerprint density at radius 1 is 1.11 bits per heavy atom. The number of carbonyl (C=O) groups excluding carboxylic acids is 1. The zero-order chi connectivity index (χ0) is 25.3. The van der Waals surface area contributed by atoms with Gasteiger partial charge in [-0.2, -0.15) is 0 Å². The fourth-order valence-corrected chi connectivity index (χ4v) is 6.03. The normalized spacial score (nSPS) is 15.1. The molecule has 0 fully saturated rings. The number of sulfonamides is 1. The van der Waals surface area contributed by atoms with Crippen molar-refractivity contribution in [1.82, 2.24) is 10.2 Å². The van der Waals surface area contributed by atoms with Crippen molar-refractivity contribution in [1.29, 1.82) is 0 Å². The molecule has 1 atom stereocenters. The van der Waals surface area contributed by atoms with Crippen LogP contribution in [0.2, 0.25) is 5.02 Å². The van der Waals surface area contributed by atoms with Gasteiger partial charge in [-0.05, 0) is 54.6 Å². The number of hydrogen-bond donors (Lipinski definition) is 1. The molecule has 4 aromatic rings. The Hall–Kier alpha value is -3.67. The summed E-state index contributed by atoms with van der Waals surface area (Å²) in [4.78, 5) is 13.2. The predicted octanol–water partition coefficient (Wildman–Crippen LogP) is 4.46. The first-order chi connectivity index (χ1) is 17.3. The van der Waals surface area contributed by atoms with Crippen molar-refractivity contribution in [3.8, 4) is 22.1 Å². The quantitative estimate of drug-likeness (QED) is 0.383. The summed E-state index contributed by atoms with van der Waals surface area (Å²) >= 11 is 7.32. The third-order valence-corrected chi connectivity index (χ3v) is 8.32. The summed E-state index contributed by atoms with van der Waals surface area (Å²) < 4.78 is 39.1. The van der Waals surface area contributed by atoms with Crippen LogP contribution in [0.1, 0.15) is 0 Å². The Morgan fingerprint density at radius 3 is 2.58 bits per heavy atom. The summed E-state index contributed by atoms with van der Waals surface area (Å²) in [5.74, 6) is 0.380. The van der Waals surface area contributed by atoms with E-state index in [4.69, 9.17) is 21.1 Å². The van der Waals surface area contributed by atoms with E-state index in [9.17, 15) is 13.2 Å². The highest BCUT2D eigenvalue weighted by Crippen LogP contribution is 2.39. The van der Waals surface area contributed by atoms with E-state index in [1.807, 2.05) is 12.1 Å². The highest BCUT2D eigenvalue weighted by molar-refractivity contribution is 7.92. The van der Waals surface area contributed by atoms with Crippen LogP contribution in [0.4, 0.5) is 10.8 Å². The lowest BCUT2D eigenvalue weighted by atomic mass is 10.2. The van der Waals surface area contributed by atoms with Gasteiger partial charge in [-0.25, -0.2) is 8.42 Å². The summed E-state index contributed by atoms with van der Waals surface area (Å²) in [6.07, 6.45) is -1.13. The van der Waals surface area contributed by atoms with Gasteiger partial charge in [0.05, 0.1) is 24.2 Å². The predicted molar refractivity (Wildman–Crippen MR) is 137 cm³/mol. The minimum atomic E-state index is -3.99. The lowest BCUT2D eigenvalue weighted by Crippen LogP contribution is -2.48. The zero-order valence-electron chi connectivity index (χ0n) is 18.8. The van der Waals surface area contributed by atoms with E-state index in [1.165, 1.54) is 35.6 Å². The molecule has 5 rings (SSSR count). The molecule has 0 radical (unpaired) electrons. The minimum absolute atomic E-state index is 0.0882. The van der Waals surface area contributed by atoms with Crippen molar-refractivity contribution < 1.29 is 22.7 Å². The molecule has 1 aromatic heterocycles. The molecule has 0 spiro atoms. The molecule has 0 bridgehead atoms. The maximum absolute atomic E-state index is 13.5. The van der Waals surface area contributed by atoms with Crippen LogP contribution in [0, 0.1) is 0 Å². The molecule has 2 heterocycles. The van der Waals surface area contributed by atoms with E-state index in [0.717, 1.165) is 9.87 Å². The third kappa shape index (κ3) is 4.72. The first kappa shape index (κ1) is 24.0. The van der Waals surface area contributed by atoms with Gasteiger partial charge in [0.15, 0.2) is 6.10 Å².